The Kier molecular flexibility index (Phi) is 2.81. The third-order valence-corrected chi connectivity index (χ3v) is 1.78. The van der Waals surface area contributed by atoms with Gasteiger partial charge in [0.15, 0.2) is 0 Å². The maximum absolute atomic E-state index is 4.11. The SMILES string of the molecule is C=CCn1nnc(-c2nnnn2CC=C)n1. The number of tetrazole rings is 2. The van der Waals surface area contributed by atoms with Gasteiger partial charge < -0.3 is 0 Å². The average Bonchev–Trinajstić information content (AvgIpc) is 2.87. The highest BCUT2D eigenvalue weighted by Gasteiger charge is 2.13. The van der Waals surface area contributed by atoms with E-state index in [1.807, 2.05) is 0 Å². The predicted molar refractivity (Wildman–Crippen MR) is 55.0 cm³/mol. The van der Waals surface area contributed by atoms with E-state index < -0.39 is 0 Å². The zero-order valence-corrected chi connectivity index (χ0v) is 8.56. The topological polar surface area (TPSA) is 87.2 Å². The zero-order valence-electron chi connectivity index (χ0n) is 8.56. The molecule has 0 spiro atoms. The van der Waals surface area contributed by atoms with Crippen molar-refractivity contribution in [3.63, 3.8) is 0 Å². The second-order valence-corrected chi connectivity index (χ2v) is 2.93. The highest BCUT2D eigenvalue weighted by molar-refractivity contribution is 5.39. The molecule has 8 heteroatoms. The quantitative estimate of drug-likeness (QED) is 0.640. The molecule has 0 bridgehead atoms. The van der Waals surface area contributed by atoms with E-state index in [2.05, 4.69) is 44.1 Å². The molecule has 2 heterocycles. The summed E-state index contributed by atoms with van der Waals surface area (Å²) in [7, 11) is 0. The summed E-state index contributed by atoms with van der Waals surface area (Å²) >= 11 is 0. The average molecular weight is 218 g/mol. The molecule has 0 unspecified atom stereocenters. The highest BCUT2D eigenvalue weighted by Crippen LogP contribution is 2.07. The van der Waals surface area contributed by atoms with Crippen molar-refractivity contribution in [2.45, 2.75) is 13.1 Å². The van der Waals surface area contributed by atoms with Crippen molar-refractivity contribution >= 4 is 0 Å². The van der Waals surface area contributed by atoms with Gasteiger partial charge in [-0.2, -0.15) is 4.80 Å². The van der Waals surface area contributed by atoms with Crippen molar-refractivity contribution in [1.29, 1.82) is 0 Å². The second kappa shape index (κ2) is 4.43. The summed E-state index contributed by atoms with van der Waals surface area (Å²) in [5, 5.41) is 23.0. The van der Waals surface area contributed by atoms with E-state index >= 15 is 0 Å². The van der Waals surface area contributed by atoms with Gasteiger partial charge in [0.25, 0.3) is 0 Å². The monoisotopic (exact) mass is 218 g/mol. The van der Waals surface area contributed by atoms with Gasteiger partial charge in [-0.15, -0.1) is 28.5 Å². The van der Waals surface area contributed by atoms with Crippen LogP contribution in [0.2, 0.25) is 0 Å². The Morgan fingerprint density at radius 3 is 2.62 bits per heavy atom. The Morgan fingerprint density at radius 1 is 1.06 bits per heavy atom. The summed E-state index contributed by atoms with van der Waals surface area (Å²) < 4.78 is 1.54. The van der Waals surface area contributed by atoms with Crippen LogP contribution in [0.4, 0.5) is 0 Å². The summed E-state index contributed by atoms with van der Waals surface area (Å²) in [6.45, 7) is 8.20. The molecule has 0 aliphatic carbocycles. The minimum absolute atomic E-state index is 0.383. The molecule has 0 aliphatic rings. The molecule has 0 aliphatic heterocycles. The van der Waals surface area contributed by atoms with Crippen LogP contribution in [0.3, 0.4) is 0 Å². The Bertz CT molecular complexity index is 496. The minimum Gasteiger partial charge on any atom is -0.219 e. The fourth-order valence-corrected chi connectivity index (χ4v) is 1.14. The van der Waals surface area contributed by atoms with Gasteiger partial charge in [0.05, 0.1) is 13.1 Å². The lowest BCUT2D eigenvalue weighted by Crippen LogP contribution is -2.03. The predicted octanol–water partition coefficient (Wildman–Crippen LogP) is -0.301. The van der Waals surface area contributed by atoms with E-state index in [-0.39, 0.29) is 0 Å². The summed E-state index contributed by atoms with van der Waals surface area (Å²) in [6.07, 6.45) is 3.37. The Hall–Kier alpha value is -2.38. The number of allylic oxidation sites excluding steroid dienone is 2. The number of rotatable bonds is 5. The van der Waals surface area contributed by atoms with E-state index in [0.717, 1.165) is 0 Å². The molecule has 2 aromatic heterocycles. The maximum Gasteiger partial charge on any atom is 0.243 e. The van der Waals surface area contributed by atoms with Crippen LogP contribution in [0.25, 0.3) is 11.6 Å². The number of hydrogen-bond donors (Lipinski definition) is 0. The summed E-state index contributed by atoms with van der Waals surface area (Å²) in [5.74, 6) is 0.851. The number of nitrogens with zero attached hydrogens (tertiary/aromatic N) is 8. The fourth-order valence-electron chi connectivity index (χ4n) is 1.14. The molecular formula is C8H10N8. The number of aromatic nitrogens is 8. The van der Waals surface area contributed by atoms with Crippen LogP contribution in [0, 0.1) is 0 Å². The van der Waals surface area contributed by atoms with Crippen molar-refractivity contribution < 1.29 is 0 Å². The molecule has 0 N–H and O–H groups in total. The van der Waals surface area contributed by atoms with Crippen molar-refractivity contribution in [3.05, 3.63) is 25.3 Å². The van der Waals surface area contributed by atoms with Crippen LogP contribution in [0.5, 0.6) is 0 Å². The fraction of sp³-hybridized carbons (Fsp3) is 0.250. The van der Waals surface area contributed by atoms with E-state index in [4.69, 9.17) is 0 Å². The van der Waals surface area contributed by atoms with Crippen molar-refractivity contribution in [3.8, 4) is 11.6 Å². The maximum atomic E-state index is 4.11. The normalized spacial score (nSPS) is 10.2. The van der Waals surface area contributed by atoms with Crippen LogP contribution >= 0.6 is 0 Å². The van der Waals surface area contributed by atoms with Crippen LogP contribution < -0.4 is 0 Å². The molecule has 82 valence electrons. The van der Waals surface area contributed by atoms with Gasteiger partial charge >= 0.3 is 0 Å². The molecule has 0 fully saturated rings. The first-order chi connectivity index (χ1) is 7.85. The zero-order chi connectivity index (χ0) is 11.4. The number of hydrogen-bond acceptors (Lipinski definition) is 6. The van der Waals surface area contributed by atoms with E-state index in [9.17, 15) is 0 Å². The van der Waals surface area contributed by atoms with Gasteiger partial charge in [-0.3, -0.25) is 0 Å². The minimum atomic E-state index is 0.383. The lowest BCUT2D eigenvalue weighted by molar-refractivity contribution is 0.582. The first-order valence-electron chi connectivity index (χ1n) is 4.61. The molecule has 0 atom stereocenters. The van der Waals surface area contributed by atoms with Crippen LogP contribution in [0.1, 0.15) is 0 Å². The van der Waals surface area contributed by atoms with Gasteiger partial charge in [-0.1, -0.05) is 12.2 Å². The van der Waals surface area contributed by atoms with Gasteiger partial charge in [0, 0.05) is 0 Å². The molecule has 2 rings (SSSR count). The molecule has 0 aromatic carbocycles. The standard InChI is InChI=1S/C8H10N8/c1-3-5-15-8(10-12-14-15)7-9-13-16(11-7)6-4-2/h3-4H,1-2,5-6H2. The van der Waals surface area contributed by atoms with E-state index in [0.29, 0.717) is 24.7 Å². The molecule has 0 saturated heterocycles. The summed E-state index contributed by atoms with van der Waals surface area (Å²) in [5.41, 5.74) is 0. The Balaban J connectivity index is 2.30. The molecule has 0 saturated carbocycles. The van der Waals surface area contributed by atoms with E-state index in [1.54, 1.807) is 16.8 Å². The molecule has 16 heavy (non-hydrogen) atoms. The first-order valence-corrected chi connectivity index (χ1v) is 4.61. The molecule has 0 amide bonds. The lowest BCUT2D eigenvalue weighted by atomic mass is 10.5. The van der Waals surface area contributed by atoms with Crippen molar-refractivity contribution in [2.75, 3.05) is 0 Å². The molecule has 8 nitrogen and oxygen atoms in total. The van der Waals surface area contributed by atoms with Crippen LogP contribution in [-0.4, -0.2) is 40.4 Å². The van der Waals surface area contributed by atoms with E-state index in [1.165, 1.54) is 4.80 Å². The third-order valence-electron chi connectivity index (χ3n) is 1.78. The highest BCUT2D eigenvalue weighted by atomic mass is 15.6. The van der Waals surface area contributed by atoms with Gasteiger partial charge in [-0.05, 0) is 15.6 Å². The summed E-state index contributed by atoms with van der Waals surface area (Å²) in [4.78, 5) is 1.41. The second-order valence-electron chi connectivity index (χ2n) is 2.93. The Morgan fingerprint density at radius 2 is 1.88 bits per heavy atom. The van der Waals surface area contributed by atoms with Gasteiger partial charge in [0.2, 0.25) is 11.6 Å². The Labute approximate surface area is 91.3 Å². The molecular weight excluding hydrogens is 208 g/mol. The van der Waals surface area contributed by atoms with Crippen molar-refractivity contribution in [2.24, 2.45) is 0 Å². The van der Waals surface area contributed by atoms with Gasteiger partial charge in [-0.25, -0.2) is 4.68 Å². The van der Waals surface area contributed by atoms with Gasteiger partial charge in [0.1, 0.15) is 0 Å². The van der Waals surface area contributed by atoms with Crippen LogP contribution in [-0.2, 0) is 13.1 Å². The van der Waals surface area contributed by atoms with Crippen LogP contribution in [0.15, 0.2) is 25.3 Å². The van der Waals surface area contributed by atoms with Crippen molar-refractivity contribution in [1.82, 2.24) is 40.4 Å². The largest absolute Gasteiger partial charge is 0.243 e. The molecule has 2 aromatic rings. The first kappa shape index (κ1) is 10.1. The molecule has 0 radical (unpaired) electrons. The lowest BCUT2D eigenvalue weighted by Gasteiger charge is -1.95. The third kappa shape index (κ3) is 1.85. The summed E-state index contributed by atoms with van der Waals surface area (Å²) in [6, 6.07) is 0. The smallest absolute Gasteiger partial charge is 0.219 e.